The van der Waals surface area contributed by atoms with Gasteiger partial charge >= 0.3 is 12.1 Å². The molecule has 0 spiro atoms. The van der Waals surface area contributed by atoms with Gasteiger partial charge in [0.2, 0.25) is 0 Å². The molecule has 3 N–H and O–H groups in total. The Kier molecular flexibility index (Phi) is 6.83. The summed E-state index contributed by atoms with van der Waals surface area (Å²) in [6, 6.07) is 14.9. The Morgan fingerprint density at radius 2 is 1.69 bits per heavy atom. The highest BCUT2D eigenvalue weighted by Crippen LogP contribution is 2.44. The maximum Gasteiger partial charge on any atom is 0.412 e. The maximum atomic E-state index is 12.8. The van der Waals surface area contributed by atoms with Gasteiger partial charge in [0.25, 0.3) is 5.91 Å². The Hall–Kier alpha value is -4.18. The quantitative estimate of drug-likeness (QED) is 0.455. The number of rotatable bonds is 8. The van der Waals surface area contributed by atoms with E-state index in [2.05, 4.69) is 15.7 Å². The molecule has 0 saturated carbocycles. The zero-order valence-electron chi connectivity index (χ0n) is 19.7. The summed E-state index contributed by atoms with van der Waals surface area (Å²) < 4.78 is 6.88. The summed E-state index contributed by atoms with van der Waals surface area (Å²) in [4.78, 5) is 38.6. The lowest BCUT2D eigenvalue weighted by Crippen LogP contribution is -2.47. The van der Waals surface area contributed by atoms with Crippen molar-refractivity contribution in [1.82, 2.24) is 20.0 Å². The fourth-order valence-electron chi connectivity index (χ4n) is 4.26. The molecule has 1 aromatic heterocycles. The van der Waals surface area contributed by atoms with Gasteiger partial charge in [-0.25, -0.2) is 9.59 Å². The minimum Gasteiger partial charge on any atom is -0.480 e. The monoisotopic (exact) mass is 477 g/mol. The normalized spacial score (nSPS) is 13.1. The number of hydrogen-bond acceptors (Lipinski definition) is 6. The average molecular weight is 478 g/mol. The molecule has 1 aliphatic rings. The molecule has 3 aromatic rings. The third-order valence-electron chi connectivity index (χ3n) is 5.79. The van der Waals surface area contributed by atoms with Crippen LogP contribution in [0.2, 0.25) is 0 Å². The standard InChI is InChI=1S/C25H27N5O5/c1-29(2)13-21(24(32)33)26-23(31)19-12-30(3)28-22(19)27-25(34)35-14-20-17-10-6-4-8-15(17)16-9-5-7-11-18(16)20/h4-12,20-21H,13-14H2,1-3H3,(H,26,31)(H,32,33)(H,27,28,34). The Bertz CT molecular complexity index is 1220. The van der Waals surface area contributed by atoms with E-state index >= 15 is 0 Å². The molecule has 1 heterocycles. The molecule has 1 atom stereocenters. The van der Waals surface area contributed by atoms with Crippen molar-refractivity contribution in [3.8, 4) is 11.1 Å². The van der Waals surface area contributed by atoms with Gasteiger partial charge in [-0.3, -0.25) is 14.8 Å². The minimum absolute atomic E-state index is 0.0174. The molecule has 0 bridgehead atoms. The number of carboxylic acid groups (broad SMARTS) is 1. The van der Waals surface area contributed by atoms with Crippen molar-refractivity contribution in [2.24, 2.45) is 7.05 Å². The first-order chi connectivity index (χ1) is 16.7. The highest BCUT2D eigenvalue weighted by atomic mass is 16.5. The second-order valence-corrected chi connectivity index (χ2v) is 8.64. The third kappa shape index (κ3) is 5.17. The summed E-state index contributed by atoms with van der Waals surface area (Å²) in [7, 11) is 5.00. The van der Waals surface area contributed by atoms with E-state index in [9.17, 15) is 19.5 Å². The number of nitrogens with zero attached hydrogens (tertiary/aromatic N) is 3. The molecule has 0 radical (unpaired) electrons. The van der Waals surface area contributed by atoms with E-state index < -0.39 is 24.0 Å². The molecule has 1 aliphatic carbocycles. The van der Waals surface area contributed by atoms with Crippen LogP contribution in [0.3, 0.4) is 0 Å². The van der Waals surface area contributed by atoms with E-state index in [1.165, 1.54) is 10.9 Å². The molecule has 0 fully saturated rings. The number of aryl methyl sites for hydroxylation is 1. The number of carbonyl (C=O) groups excluding carboxylic acids is 2. The molecule has 35 heavy (non-hydrogen) atoms. The molecule has 10 nitrogen and oxygen atoms in total. The number of aliphatic carboxylic acids is 1. The summed E-state index contributed by atoms with van der Waals surface area (Å²) >= 11 is 0. The zero-order valence-corrected chi connectivity index (χ0v) is 19.7. The van der Waals surface area contributed by atoms with Crippen LogP contribution < -0.4 is 10.6 Å². The van der Waals surface area contributed by atoms with Gasteiger partial charge in [0, 0.05) is 25.7 Å². The van der Waals surface area contributed by atoms with Gasteiger partial charge in [0.15, 0.2) is 5.82 Å². The van der Waals surface area contributed by atoms with Gasteiger partial charge in [-0.1, -0.05) is 48.5 Å². The Morgan fingerprint density at radius 3 is 2.26 bits per heavy atom. The largest absolute Gasteiger partial charge is 0.480 e. The molecule has 182 valence electrons. The number of aromatic nitrogens is 2. The fraction of sp³-hybridized carbons (Fsp3) is 0.280. The van der Waals surface area contributed by atoms with Crippen LogP contribution in [0.15, 0.2) is 54.7 Å². The van der Waals surface area contributed by atoms with E-state index in [4.69, 9.17) is 4.74 Å². The molecular formula is C25H27N5O5. The summed E-state index contributed by atoms with van der Waals surface area (Å²) in [5.74, 6) is -1.96. The summed E-state index contributed by atoms with van der Waals surface area (Å²) in [6.07, 6.45) is 0.644. The van der Waals surface area contributed by atoms with Gasteiger partial charge in [-0.05, 0) is 36.3 Å². The van der Waals surface area contributed by atoms with Gasteiger partial charge in [-0.2, -0.15) is 5.10 Å². The lowest BCUT2D eigenvalue weighted by molar-refractivity contribution is -0.139. The molecule has 2 amide bonds. The number of benzene rings is 2. The van der Waals surface area contributed by atoms with Gasteiger partial charge in [0.1, 0.15) is 18.2 Å². The molecule has 4 rings (SSSR count). The summed E-state index contributed by atoms with van der Waals surface area (Å²) in [5, 5.41) is 18.5. The summed E-state index contributed by atoms with van der Waals surface area (Å²) in [6.45, 7) is 0.217. The minimum atomic E-state index is -1.16. The van der Waals surface area contributed by atoms with Crippen molar-refractivity contribution in [2.45, 2.75) is 12.0 Å². The van der Waals surface area contributed by atoms with Crippen molar-refractivity contribution in [3.63, 3.8) is 0 Å². The van der Waals surface area contributed by atoms with Crippen LogP contribution >= 0.6 is 0 Å². The Balaban J connectivity index is 1.44. The van der Waals surface area contributed by atoms with Crippen LogP contribution in [-0.4, -0.2) is 71.0 Å². The number of likely N-dealkylation sites (N-methyl/N-ethyl adjacent to an activating group) is 1. The van der Waals surface area contributed by atoms with E-state index in [1.54, 1.807) is 26.0 Å². The number of fused-ring (bicyclic) bond motifs is 3. The number of hydrogen-bond donors (Lipinski definition) is 3. The Morgan fingerprint density at radius 1 is 1.09 bits per heavy atom. The first-order valence-corrected chi connectivity index (χ1v) is 11.1. The van der Waals surface area contributed by atoms with Crippen molar-refractivity contribution in [1.29, 1.82) is 0 Å². The van der Waals surface area contributed by atoms with E-state index in [0.29, 0.717) is 0 Å². The average Bonchev–Trinajstić information content (AvgIpc) is 3.34. The molecule has 2 aromatic carbocycles. The first-order valence-electron chi connectivity index (χ1n) is 11.1. The number of anilines is 1. The number of carboxylic acids is 1. The lowest BCUT2D eigenvalue weighted by atomic mass is 9.98. The van der Waals surface area contributed by atoms with Crippen LogP contribution in [0.4, 0.5) is 10.6 Å². The zero-order chi connectivity index (χ0) is 25.1. The van der Waals surface area contributed by atoms with Gasteiger partial charge in [-0.15, -0.1) is 0 Å². The molecular weight excluding hydrogens is 450 g/mol. The van der Waals surface area contributed by atoms with E-state index in [0.717, 1.165) is 22.3 Å². The van der Waals surface area contributed by atoms with Crippen LogP contribution in [0, 0.1) is 0 Å². The number of amides is 2. The van der Waals surface area contributed by atoms with E-state index in [-0.39, 0.29) is 30.5 Å². The van der Waals surface area contributed by atoms with Gasteiger partial charge in [0.05, 0.1) is 0 Å². The SMILES string of the molecule is CN(C)CC(NC(=O)c1cn(C)nc1NC(=O)OCC1c2ccccc2-c2ccccc21)C(=O)O. The van der Waals surface area contributed by atoms with Crippen molar-refractivity contribution < 1.29 is 24.2 Å². The second-order valence-electron chi connectivity index (χ2n) is 8.64. The second kappa shape index (κ2) is 9.98. The fourth-order valence-corrected chi connectivity index (χ4v) is 4.26. The van der Waals surface area contributed by atoms with Crippen molar-refractivity contribution >= 4 is 23.8 Å². The topological polar surface area (TPSA) is 126 Å². The predicted molar refractivity (Wildman–Crippen MR) is 129 cm³/mol. The molecule has 0 saturated heterocycles. The molecule has 1 unspecified atom stereocenters. The van der Waals surface area contributed by atoms with Crippen LogP contribution in [0.25, 0.3) is 11.1 Å². The number of nitrogens with one attached hydrogen (secondary N) is 2. The van der Waals surface area contributed by atoms with E-state index in [1.807, 2.05) is 48.5 Å². The first kappa shape index (κ1) is 24.0. The Labute approximate surface area is 202 Å². The van der Waals surface area contributed by atoms with Crippen LogP contribution in [-0.2, 0) is 16.6 Å². The maximum absolute atomic E-state index is 12.8. The molecule has 0 aliphatic heterocycles. The van der Waals surface area contributed by atoms with Crippen LogP contribution in [0.5, 0.6) is 0 Å². The third-order valence-corrected chi connectivity index (χ3v) is 5.79. The van der Waals surface area contributed by atoms with Crippen molar-refractivity contribution in [2.75, 3.05) is 32.6 Å². The predicted octanol–water partition coefficient (Wildman–Crippen LogP) is 2.53. The van der Waals surface area contributed by atoms with Gasteiger partial charge < -0.3 is 20.1 Å². The highest BCUT2D eigenvalue weighted by molar-refractivity contribution is 6.02. The van der Waals surface area contributed by atoms with Crippen LogP contribution in [0.1, 0.15) is 27.4 Å². The summed E-state index contributed by atoms with van der Waals surface area (Å²) in [5.41, 5.74) is 4.43. The smallest absolute Gasteiger partial charge is 0.412 e. The van der Waals surface area contributed by atoms with Crippen molar-refractivity contribution in [3.05, 3.63) is 71.4 Å². The highest BCUT2D eigenvalue weighted by Gasteiger charge is 2.30. The number of carbonyl (C=O) groups is 3. The molecule has 10 heteroatoms. The lowest BCUT2D eigenvalue weighted by Gasteiger charge is -2.18. The number of ether oxygens (including phenoxy) is 1.